The lowest BCUT2D eigenvalue weighted by Crippen LogP contribution is -2.00. The maximum absolute atomic E-state index is 9.33. The van der Waals surface area contributed by atoms with Crippen molar-refractivity contribution < 1.29 is 14.6 Å². The molecule has 3 nitrogen and oxygen atoms in total. The first-order chi connectivity index (χ1) is 7.69. The van der Waals surface area contributed by atoms with E-state index in [4.69, 9.17) is 33.9 Å². The zero-order valence-electron chi connectivity index (χ0n) is 8.37. The Morgan fingerprint density at radius 3 is 2.44 bits per heavy atom. The number of ether oxygens (including phenoxy) is 2. The summed E-state index contributed by atoms with van der Waals surface area (Å²) in [5.41, 5.74) is 0. The predicted octanol–water partition coefficient (Wildman–Crippen LogP) is 2.07. The van der Waals surface area contributed by atoms with Crippen molar-refractivity contribution in [3.05, 3.63) is 17.2 Å². The summed E-state index contributed by atoms with van der Waals surface area (Å²) < 4.78 is 10.4. The van der Waals surface area contributed by atoms with E-state index < -0.39 is 0 Å². The fourth-order valence-electron chi connectivity index (χ4n) is 1.04. The summed E-state index contributed by atoms with van der Waals surface area (Å²) in [7, 11) is 0. The van der Waals surface area contributed by atoms with Gasteiger partial charge in [0.25, 0.3) is 0 Å². The van der Waals surface area contributed by atoms with Gasteiger partial charge in [-0.25, -0.2) is 0 Å². The molecule has 4 heteroatoms. The molecule has 1 aromatic rings. The first kappa shape index (κ1) is 12.1. The summed E-state index contributed by atoms with van der Waals surface area (Å²) in [6, 6.07) is 2.69. The second-order valence-corrected chi connectivity index (χ2v) is 3.15. The summed E-state index contributed by atoms with van der Waals surface area (Å²) in [5.74, 6) is 5.09. The number of phenols is 1. The van der Waals surface area contributed by atoms with E-state index in [1.54, 1.807) is 0 Å². The van der Waals surface area contributed by atoms with E-state index in [1.165, 1.54) is 12.1 Å². The van der Waals surface area contributed by atoms with E-state index in [0.717, 1.165) is 0 Å². The number of halogens is 1. The van der Waals surface area contributed by atoms with Gasteiger partial charge in [0.15, 0.2) is 11.5 Å². The molecule has 0 heterocycles. The third-order valence-electron chi connectivity index (χ3n) is 1.61. The van der Waals surface area contributed by atoms with Crippen LogP contribution >= 0.6 is 11.6 Å². The molecule has 0 amide bonds. The van der Waals surface area contributed by atoms with E-state index in [1.807, 2.05) is 0 Å². The molecule has 0 aliphatic carbocycles. The number of benzene rings is 1. The molecule has 1 aromatic carbocycles. The fraction of sp³-hybridized carbons (Fsp3) is 0.167. The monoisotopic (exact) mass is 236 g/mol. The largest absolute Gasteiger partial charge is 0.508 e. The molecule has 0 radical (unpaired) electrons. The van der Waals surface area contributed by atoms with Gasteiger partial charge in [-0.05, 0) is 0 Å². The third-order valence-corrected chi connectivity index (χ3v) is 1.89. The van der Waals surface area contributed by atoms with Crippen molar-refractivity contribution in [2.24, 2.45) is 0 Å². The summed E-state index contributed by atoms with van der Waals surface area (Å²) in [6.07, 6.45) is 10.1. The Balaban J connectivity index is 3.02. The number of terminal acetylenes is 2. The van der Waals surface area contributed by atoms with E-state index in [-0.39, 0.29) is 35.5 Å². The van der Waals surface area contributed by atoms with Crippen LogP contribution in [0.3, 0.4) is 0 Å². The van der Waals surface area contributed by atoms with Gasteiger partial charge >= 0.3 is 0 Å². The van der Waals surface area contributed by atoms with Crippen LogP contribution in [0.4, 0.5) is 0 Å². The smallest absolute Gasteiger partial charge is 0.181 e. The topological polar surface area (TPSA) is 38.7 Å². The molecule has 0 bridgehead atoms. The fourth-order valence-corrected chi connectivity index (χ4v) is 1.29. The first-order valence-corrected chi connectivity index (χ1v) is 4.72. The Hall–Kier alpha value is -1.97. The van der Waals surface area contributed by atoms with Gasteiger partial charge < -0.3 is 14.6 Å². The number of hydrogen-bond donors (Lipinski definition) is 1. The lowest BCUT2D eigenvalue weighted by atomic mass is 10.3. The minimum absolute atomic E-state index is 0.0370. The number of hydrogen-bond acceptors (Lipinski definition) is 3. The molecule has 0 aliphatic heterocycles. The van der Waals surface area contributed by atoms with Crippen LogP contribution in [0.1, 0.15) is 0 Å². The molecule has 0 aliphatic rings. The van der Waals surface area contributed by atoms with Crippen molar-refractivity contribution in [2.45, 2.75) is 0 Å². The second kappa shape index (κ2) is 5.80. The average molecular weight is 237 g/mol. The molecule has 0 saturated carbocycles. The Morgan fingerprint density at radius 2 is 1.81 bits per heavy atom. The lowest BCUT2D eigenvalue weighted by Gasteiger charge is -2.11. The van der Waals surface area contributed by atoms with Gasteiger partial charge in [-0.2, -0.15) is 0 Å². The van der Waals surface area contributed by atoms with Crippen molar-refractivity contribution in [3.63, 3.8) is 0 Å². The molecule has 0 unspecified atom stereocenters. The van der Waals surface area contributed by atoms with Gasteiger partial charge in [0.1, 0.15) is 19.0 Å². The zero-order valence-corrected chi connectivity index (χ0v) is 9.12. The zero-order chi connectivity index (χ0) is 12.0. The van der Waals surface area contributed by atoms with Crippen molar-refractivity contribution in [1.82, 2.24) is 0 Å². The van der Waals surface area contributed by atoms with Gasteiger partial charge in [0.05, 0.1) is 5.02 Å². The maximum atomic E-state index is 9.33. The van der Waals surface area contributed by atoms with Crippen molar-refractivity contribution in [3.8, 4) is 41.9 Å². The third kappa shape index (κ3) is 3.02. The standard InChI is InChI=1S/C12H9ClO3/c1-3-5-15-11-8-9(14)7-10(13)12(11)16-6-4-2/h1-2,7-8,14H,5-6H2. The molecule has 0 fully saturated rings. The van der Waals surface area contributed by atoms with Crippen LogP contribution < -0.4 is 9.47 Å². The van der Waals surface area contributed by atoms with E-state index in [2.05, 4.69) is 11.8 Å². The molecule has 0 atom stereocenters. The highest BCUT2D eigenvalue weighted by Gasteiger charge is 2.12. The Kier molecular flexibility index (Phi) is 4.39. The lowest BCUT2D eigenvalue weighted by molar-refractivity contribution is 0.312. The van der Waals surface area contributed by atoms with Gasteiger partial charge in [-0.3, -0.25) is 0 Å². The quantitative estimate of drug-likeness (QED) is 0.814. The molecule has 16 heavy (non-hydrogen) atoms. The van der Waals surface area contributed by atoms with E-state index in [9.17, 15) is 5.11 Å². The number of rotatable bonds is 4. The van der Waals surface area contributed by atoms with Crippen molar-refractivity contribution in [1.29, 1.82) is 0 Å². The van der Waals surface area contributed by atoms with Crippen LogP contribution in [-0.4, -0.2) is 18.3 Å². The van der Waals surface area contributed by atoms with E-state index >= 15 is 0 Å². The van der Waals surface area contributed by atoms with Gasteiger partial charge in [-0.1, -0.05) is 23.4 Å². The number of aromatic hydroxyl groups is 1. The van der Waals surface area contributed by atoms with Gasteiger partial charge in [0, 0.05) is 12.1 Å². The molecule has 0 aromatic heterocycles. The summed E-state index contributed by atoms with van der Waals surface area (Å²) in [4.78, 5) is 0. The van der Waals surface area contributed by atoms with Crippen LogP contribution in [-0.2, 0) is 0 Å². The van der Waals surface area contributed by atoms with Crippen molar-refractivity contribution in [2.75, 3.05) is 13.2 Å². The number of phenolic OH excluding ortho intramolecular Hbond substituents is 1. The second-order valence-electron chi connectivity index (χ2n) is 2.74. The van der Waals surface area contributed by atoms with Gasteiger partial charge in [0.2, 0.25) is 0 Å². The minimum atomic E-state index is -0.0370. The van der Waals surface area contributed by atoms with Crippen LogP contribution in [0.2, 0.25) is 5.02 Å². The van der Waals surface area contributed by atoms with Crippen LogP contribution in [0.5, 0.6) is 17.2 Å². The molecular weight excluding hydrogens is 228 g/mol. The Bertz CT molecular complexity index is 455. The molecule has 0 spiro atoms. The van der Waals surface area contributed by atoms with Crippen molar-refractivity contribution >= 4 is 11.6 Å². The highest BCUT2D eigenvalue weighted by molar-refractivity contribution is 6.32. The molecule has 82 valence electrons. The maximum Gasteiger partial charge on any atom is 0.181 e. The molecule has 1 rings (SSSR count). The van der Waals surface area contributed by atoms with E-state index in [0.29, 0.717) is 0 Å². The normalized spacial score (nSPS) is 8.94. The first-order valence-electron chi connectivity index (χ1n) is 4.34. The minimum Gasteiger partial charge on any atom is -0.508 e. The molecule has 0 saturated heterocycles. The summed E-state index contributed by atoms with van der Waals surface area (Å²) in [5, 5.41) is 9.54. The molecular formula is C12H9ClO3. The van der Waals surface area contributed by atoms with Crippen LogP contribution in [0.25, 0.3) is 0 Å². The predicted molar refractivity (Wildman–Crippen MR) is 61.8 cm³/mol. The van der Waals surface area contributed by atoms with Crippen LogP contribution in [0, 0.1) is 24.7 Å². The molecule has 1 N–H and O–H groups in total. The highest BCUT2D eigenvalue weighted by Crippen LogP contribution is 2.38. The SMILES string of the molecule is C#CCOc1cc(O)cc(Cl)c1OCC#C. The average Bonchev–Trinajstić information content (AvgIpc) is 2.24. The van der Waals surface area contributed by atoms with Gasteiger partial charge in [-0.15, -0.1) is 12.8 Å². The summed E-state index contributed by atoms with van der Waals surface area (Å²) >= 11 is 5.86. The Morgan fingerprint density at radius 1 is 1.19 bits per heavy atom. The summed E-state index contributed by atoms with van der Waals surface area (Å²) in [6.45, 7) is 0.100. The van der Waals surface area contributed by atoms with Crippen LogP contribution in [0.15, 0.2) is 12.1 Å². The Labute approximate surface area is 98.9 Å². The highest BCUT2D eigenvalue weighted by atomic mass is 35.5.